The number of benzene rings is 1. The van der Waals surface area contributed by atoms with Crippen molar-refractivity contribution in [3.8, 4) is 5.75 Å². The summed E-state index contributed by atoms with van der Waals surface area (Å²) in [7, 11) is 0. The summed E-state index contributed by atoms with van der Waals surface area (Å²) in [5, 5.41) is 5.42. The lowest BCUT2D eigenvalue weighted by molar-refractivity contribution is -0.116. The van der Waals surface area contributed by atoms with Crippen molar-refractivity contribution >= 4 is 28.2 Å². The number of ether oxygens (including phenoxy) is 1. The first kappa shape index (κ1) is 21.5. The van der Waals surface area contributed by atoms with Gasteiger partial charge in [-0.1, -0.05) is 6.92 Å². The van der Waals surface area contributed by atoms with Gasteiger partial charge in [0.2, 0.25) is 5.91 Å². The zero-order valence-corrected chi connectivity index (χ0v) is 18.0. The second-order valence-electron chi connectivity index (χ2n) is 7.56. The first-order valence-electron chi connectivity index (χ1n) is 10.3. The van der Waals surface area contributed by atoms with Gasteiger partial charge in [-0.3, -0.25) is 14.5 Å². The average Bonchev–Trinajstić information content (AvgIpc) is 3.13. The second kappa shape index (κ2) is 10.5. The van der Waals surface area contributed by atoms with Crippen molar-refractivity contribution in [1.82, 2.24) is 9.88 Å². The Morgan fingerprint density at radius 1 is 1.28 bits per heavy atom. The molecule has 1 aromatic carbocycles. The van der Waals surface area contributed by atoms with E-state index in [4.69, 9.17) is 4.74 Å². The van der Waals surface area contributed by atoms with Crippen molar-refractivity contribution in [3.63, 3.8) is 0 Å². The SMILES string of the molecule is CCOc1ccc(C(=O)CCC(=O)Nc2nc(CN3CCCC(C)C3)cs2)cc1. The Morgan fingerprint density at radius 2 is 2.07 bits per heavy atom. The molecule has 1 N–H and O–H groups in total. The summed E-state index contributed by atoms with van der Waals surface area (Å²) >= 11 is 1.44. The van der Waals surface area contributed by atoms with Crippen LogP contribution in [0.1, 0.15) is 55.6 Å². The van der Waals surface area contributed by atoms with Crippen LogP contribution in [0.25, 0.3) is 0 Å². The molecular weight excluding hydrogens is 386 g/mol. The minimum atomic E-state index is -0.184. The molecule has 29 heavy (non-hydrogen) atoms. The van der Waals surface area contributed by atoms with E-state index in [9.17, 15) is 9.59 Å². The van der Waals surface area contributed by atoms with Gasteiger partial charge < -0.3 is 10.1 Å². The first-order valence-corrected chi connectivity index (χ1v) is 11.1. The normalized spacial score (nSPS) is 17.1. The molecule has 6 nitrogen and oxygen atoms in total. The predicted octanol–water partition coefficient (Wildman–Crippen LogP) is 4.38. The number of piperidine rings is 1. The number of thiazole rings is 1. The number of likely N-dealkylation sites (tertiary alicyclic amines) is 1. The molecule has 2 aromatic rings. The third-order valence-electron chi connectivity index (χ3n) is 4.99. The van der Waals surface area contributed by atoms with Crippen molar-refractivity contribution in [2.45, 2.75) is 46.1 Å². The van der Waals surface area contributed by atoms with E-state index in [2.05, 4.69) is 22.1 Å². The van der Waals surface area contributed by atoms with Gasteiger partial charge in [0.25, 0.3) is 0 Å². The van der Waals surface area contributed by atoms with Crippen LogP contribution in [0, 0.1) is 5.92 Å². The molecular formula is C22H29N3O3S. The minimum Gasteiger partial charge on any atom is -0.494 e. The zero-order chi connectivity index (χ0) is 20.6. The second-order valence-corrected chi connectivity index (χ2v) is 8.41. The van der Waals surface area contributed by atoms with E-state index >= 15 is 0 Å². The van der Waals surface area contributed by atoms with E-state index in [1.165, 1.54) is 24.2 Å². The molecule has 1 aromatic heterocycles. The summed E-state index contributed by atoms with van der Waals surface area (Å²) in [6.07, 6.45) is 2.84. The fraction of sp³-hybridized carbons (Fsp3) is 0.500. The maximum Gasteiger partial charge on any atom is 0.226 e. The molecule has 0 saturated carbocycles. The Hall–Kier alpha value is -2.25. The lowest BCUT2D eigenvalue weighted by Crippen LogP contribution is -2.33. The minimum absolute atomic E-state index is 0.0535. The van der Waals surface area contributed by atoms with E-state index in [1.54, 1.807) is 24.3 Å². The molecule has 3 rings (SSSR count). The molecule has 0 spiro atoms. The average molecular weight is 416 g/mol. The fourth-order valence-corrected chi connectivity index (χ4v) is 4.27. The number of amides is 1. The number of rotatable bonds is 9. The molecule has 1 saturated heterocycles. The fourth-order valence-electron chi connectivity index (χ4n) is 3.55. The molecule has 0 bridgehead atoms. The molecule has 1 aliphatic rings. The van der Waals surface area contributed by atoms with E-state index in [0.29, 0.717) is 17.3 Å². The molecule has 1 unspecified atom stereocenters. The summed E-state index contributed by atoms with van der Waals surface area (Å²) in [4.78, 5) is 31.4. The van der Waals surface area contributed by atoms with E-state index < -0.39 is 0 Å². The Bertz CT molecular complexity index is 819. The molecule has 1 aliphatic heterocycles. The van der Waals surface area contributed by atoms with Crippen molar-refractivity contribution < 1.29 is 14.3 Å². The van der Waals surface area contributed by atoms with Crippen LogP contribution in [-0.4, -0.2) is 41.3 Å². The van der Waals surface area contributed by atoms with Gasteiger partial charge in [0, 0.05) is 36.9 Å². The van der Waals surface area contributed by atoms with Crippen LogP contribution in [0.5, 0.6) is 5.75 Å². The van der Waals surface area contributed by atoms with E-state index in [-0.39, 0.29) is 24.5 Å². The number of carbonyl (C=O) groups excluding carboxylic acids is 2. The van der Waals surface area contributed by atoms with Crippen LogP contribution in [0.2, 0.25) is 0 Å². The van der Waals surface area contributed by atoms with Crippen LogP contribution >= 0.6 is 11.3 Å². The first-order chi connectivity index (χ1) is 14.0. The highest BCUT2D eigenvalue weighted by atomic mass is 32.1. The largest absolute Gasteiger partial charge is 0.494 e. The number of hydrogen-bond donors (Lipinski definition) is 1. The van der Waals surface area contributed by atoms with Crippen molar-refractivity contribution in [2.24, 2.45) is 5.92 Å². The monoisotopic (exact) mass is 415 g/mol. The topological polar surface area (TPSA) is 71.5 Å². The van der Waals surface area contributed by atoms with Crippen LogP contribution in [0.15, 0.2) is 29.6 Å². The van der Waals surface area contributed by atoms with Gasteiger partial charge in [0.05, 0.1) is 12.3 Å². The summed E-state index contributed by atoms with van der Waals surface area (Å²) < 4.78 is 5.38. The van der Waals surface area contributed by atoms with Crippen LogP contribution in [0.3, 0.4) is 0 Å². The number of carbonyl (C=O) groups is 2. The maximum atomic E-state index is 12.3. The predicted molar refractivity (Wildman–Crippen MR) is 116 cm³/mol. The third kappa shape index (κ3) is 6.65. The highest BCUT2D eigenvalue weighted by Crippen LogP contribution is 2.21. The molecule has 0 aliphatic carbocycles. The van der Waals surface area contributed by atoms with Gasteiger partial charge in [-0.05, 0) is 56.5 Å². The number of nitrogens with zero attached hydrogens (tertiary/aromatic N) is 2. The van der Waals surface area contributed by atoms with Crippen LogP contribution in [-0.2, 0) is 11.3 Å². The van der Waals surface area contributed by atoms with Crippen molar-refractivity contribution in [2.75, 3.05) is 25.0 Å². The van der Waals surface area contributed by atoms with Crippen LogP contribution in [0.4, 0.5) is 5.13 Å². The van der Waals surface area contributed by atoms with Crippen molar-refractivity contribution in [3.05, 3.63) is 40.9 Å². The summed E-state index contributed by atoms with van der Waals surface area (Å²) in [6.45, 7) is 7.82. The Balaban J connectivity index is 1.43. The molecule has 2 heterocycles. The van der Waals surface area contributed by atoms with Gasteiger partial charge in [-0.2, -0.15) is 0 Å². The van der Waals surface area contributed by atoms with Crippen LogP contribution < -0.4 is 10.1 Å². The van der Waals surface area contributed by atoms with Gasteiger partial charge in [-0.15, -0.1) is 11.3 Å². The Kier molecular flexibility index (Phi) is 7.77. The van der Waals surface area contributed by atoms with E-state index in [0.717, 1.165) is 37.0 Å². The highest BCUT2D eigenvalue weighted by molar-refractivity contribution is 7.13. The number of ketones is 1. The number of aromatic nitrogens is 1. The quantitative estimate of drug-likeness (QED) is 0.616. The van der Waals surface area contributed by atoms with Gasteiger partial charge in [0.1, 0.15) is 5.75 Å². The summed E-state index contributed by atoms with van der Waals surface area (Å²) in [5.41, 5.74) is 1.58. The highest BCUT2D eigenvalue weighted by Gasteiger charge is 2.18. The molecule has 0 radical (unpaired) electrons. The van der Waals surface area contributed by atoms with Crippen molar-refractivity contribution in [1.29, 1.82) is 0 Å². The lowest BCUT2D eigenvalue weighted by atomic mass is 10.0. The Labute approximate surface area is 176 Å². The number of anilines is 1. The smallest absolute Gasteiger partial charge is 0.226 e. The number of hydrogen-bond acceptors (Lipinski definition) is 6. The molecule has 156 valence electrons. The third-order valence-corrected chi connectivity index (χ3v) is 5.80. The maximum absolute atomic E-state index is 12.3. The molecule has 1 fully saturated rings. The molecule has 1 atom stereocenters. The lowest BCUT2D eigenvalue weighted by Gasteiger charge is -2.30. The van der Waals surface area contributed by atoms with Gasteiger partial charge in [-0.25, -0.2) is 4.98 Å². The standard InChI is InChI=1S/C22H29N3O3S/c1-3-28-19-8-6-17(7-9-19)20(26)10-11-21(27)24-22-23-18(15-29-22)14-25-12-4-5-16(2)13-25/h6-9,15-16H,3-5,10-14H2,1-2H3,(H,23,24,27). The molecule has 1 amide bonds. The van der Waals surface area contributed by atoms with Gasteiger partial charge >= 0.3 is 0 Å². The van der Waals surface area contributed by atoms with Gasteiger partial charge in [0.15, 0.2) is 10.9 Å². The number of Topliss-reactive ketones (excluding diaryl/α,β-unsaturated/α-hetero) is 1. The molecule has 7 heteroatoms. The number of nitrogens with one attached hydrogen (secondary N) is 1. The summed E-state index contributed by atoms with van der Waals surface area (Å²) in [5.74, 6) is 1.23. The zero-order valence-electron chi connectivity index (χ0n) is 17.1. The Morgan fingerprint density at radius 3 is 2.79 bits per heavy atom. The van der Waals surface area contributed by atoms with E-state index in [1.807, 2.05) is 12.3 Å². The summed E-state index contributed by atoms with van der Waals surface area (Å²) in [6, 6.07) is 7.02.